The molecule has 0 radical (unpaired) electrons. The van der Waals surface area contributed by atoms with E-state index in [0.29, 0.717) is 18.5 Å². The van der Waals surface area contributed by atoms with Gasteiger partial charge < -0.3 is 10.0 Å². The monoisotopic (exact) mass is 223 g/mol. The second-order valence-electron chi connectivity index (χ2n) is 4.34. The first-order chi connectivity index (χ1) is 7.51. The molecule has 1 aromatic carbocycles. The Morgan fingerprint density at radius 2 is 2.06 bits per heavy atom. The van der Waals surface area contributed by atoms with E-state index in [9.17, 15) is 9.18 Å². The quantitative estimate of drug-likeness (QED) is 0.832. The highest BCUT2D eigenvalue weighted by Crippen LogP contribution is 2.35. The van der Waals surface area contributed by atoms with E-state index in [2.05, 4.69) is 0 Å². The molecule has 0 saturated carbocycles. The number of hydrogen-bond donors (Lipinski definition) is 1. The van der Waals surface area contributed by atoms with Gasteiger partial charge in [0.2, 0.25) is 0 Å². The SMILES string of the molecule is CN1CCC(F)(c2ccc(C(=O)O)cc2)C1. The van der Waals surface area contributed by atoms with E-state index in [1.54, 1.807) is 12.1 Å². The summed E-state index contributed by atoms with van der Waals surface area (Å²) >= 11 is 0. The Morgan fingerprint density at radius 3 is 2.50 bits per heavy atom. The number of likely N-dealkylation sites (tertiary alicyclic amines) is 1. The molecule has 2 rings (SSSR count). The second kappa shape index (κ2) is 3.87. The summed E-state index contributed by atoms with van der Waals surface area (Å²) in [6.07, 6.45) is 0.468. The van der Waals surface area contributed by atoms with Gasteiger partial charge in [0.15, 0.2) is 0 Å². The lowest BCUT2D eigenvalue weighted by Crippen LogP contribution is -2.24. The minimum absolute atomic E-state index is 0.193. The molecule has 1 saturated heterocycles. The summed E-state index contributed by atoms with van der Waals surface area (Å²) in [6.45, 7) is 1.11. The molecule has 1 heterocycles. The van der Waals surface area contributed by atoms with Crippen LogP contribution in [-0.4, -0.2) is 36.1 Å². The topological polar surface area (TPSA) is 40.5 Å². The molecule has 0 amide bonds. The summed E-state index contributed by atoms with van der Waals surface area (Å²) < 4.78 is 14.4. The number of carbonyl (C=O) groups is 1. The molecule has 1 aliphatic heterocycles. The lowest BCUT2D eigenvalue weighted by atomic mass is 9.94. The predicted molar refractivity (Wildman–Crippen MR) is 58.3 cm³/mol. The number of halogens is 1. The third-order valence-electron chi connectivity index (χ3n) is 3.06. The summed E-state index contributed by atoms with van der Waals surface area (Å²) in [6, 6.07) is 6.06. The Bertz CT molecular complexity index is 404. The number of hydrogen-bond acceptors (Lipinski definition) is 2. The van der Waals surface area contributed by atoms with Gasteiger partial charge in [0.1, 0.15) is 5.67 Å². The van der Waals surface area contributed by atoms with Crippen LogP contribution in [0.1, 0.15) is 22.3 Å². The third-order valence-corrected chi connectivity index (χ3v) is 3.06. The largest absolute Gasteiger partial charge is 0.478 e. The normalized spacial score (nSPS) is 25.9. The molecule has 1 aliphatic rings. The van der Waals surface area contributed by atoms with E-state index in [4.69, 9.17) is 5.11 Å². The molecule has 0 bridgehead atoms. The molecule has 1 N–H and O–H groups in total. The number of carboxylic acid groups (broad SMARTS) is 1. The van der Waals surface area contributed by atoms with Gasteiger partial charge in [0.25, 0.3) is 0 Å². The number of likely N-dealkylation sites (N-methyl/N-ethyl adjacent to an activating group) is 1. The van der Waals surface area contributed by atoms with Gasteiger partial charge in [-0.15, -0.1) is 0 Å². The molecule has 1 aromatic rings. The van der Waals surface area contributed by atoms with Crippen molar-refractivity contribution in [2.24, 2.45) is 0 Å². The van der Waals surface area contributed by atoms with Crippen LogP contribution in [-0.2, 0) is 5.67 Å². The molecule has 4 heteroatoms. The minimum Gasteiger partial charge on any atom is -0.478 e. The summed E-state index contributed by atoms with van der Waals surface area (Å²) in [5.41, 5.74) is -0.563. The van der Waals surface area contributed by atoms with Crippen LogP contribution in [0.25, 0.3) is 0 Å². The number of benzene rings is 1. The molecule has 1 unspecified atom stereocenters. The third kappa shape index (κ3) is 1.93. The van der Waals surface area contributed by atoms with Crippen LogP contribution < -0.4 is 0 Å². The molecule has 0 aromatic heterocycles. The van der Waals surface area contributed by atoms with Gasteiger partial charge in [0, 0.05) is 13.1 Å². The van der Waals surface area contributed by atoms with Gasteiger partial charge in [-0.25, -0.2) is 9.18 Å². The molecular weight excluding hydrogens is 209 g/mol. The van der Waals surface area contributed by atoms with Gasteiger partial charge in [-0.05, 0) is 31.2 Å². The first-order valence-corrected chi connectivity index (χ1v) is 5.22. The number of nitrogens with zero attached hydrogens (tertiary/aromatic N) is 1. The van der Waals surface area contributed by atoms with Crippen molar-refractivity contribution in [3.63, 3.8) is 0 Å². The van der Waals surface area contributed by atoms with Crippen molar-refractivity contribution >= 4 is 5.97 Å². The highest BCUT2D eigenvalue weighted by atomic mass is 19.1. The van der Waals surface area contributed by atoms with E-state index in [0.717, 1.165) is 6.54 Å². The van der Waals surface area contributed by atoms with Crippen LogP contribution in [0.15, 0.2) is 24.3 Å². The van der Waals surface area contributed by atoms with Gasteiger partial charge in [-0.3, -0.25) is 0 Å². The molecular formula is C12H14FNO2. The summed E-state index contributed by atoms with van der Waals surface area (Å²) in [4.78, 5) is 12.6. The highest BCUT2D eigenvalue weighted by Gasteiger charge is 2.38. The van der Waals surface area contributed by atoms with Crippen molar-refractivity contribution in [2.45, 2.75) is 12.1 Å². The van der Waals surface area contributed by atoms with E-state index >= 15 is 0 Å². The maximum absolute atomic E-state index is 14.4. The maximum Gasteiger partial charge on any atom is 0.335 e. The molecule has 0 aliphatic carbocycles. The van der Waals surface area contributed by atoms with Crippen LogP contribution in [0.3, 0.4) is 0 Å². The zero-order valence-corrected chi connectivity index (χ0v) is 9.11. The molecule has 86 valence electrons. The average Bonchev–Trinajstić information content (AvgIpc) is 2.60. The van der Waals surface area contributed by atoms with Crippen LogP contribution in [0.2, 0.25) is 0 Å². The Labute approximate surface area is 93.5 Å². The minimum atomic E-state index is -1.33. The van der Waals surface area contributed by atoms with Crippen LogP contribution in [0.5, 0.6) is 0 Å². The average molecular weight is 223 g/mol. The lowest BCUT2D eigenvalue weighted by Gasteiger charge is -2.19. The van der Waals surface area contributed by atoms with Crippen molar-refractivity contribution < 1.29 is 14.3 Å². The first kappa shape index (κ1) is 11.1. The van der Waals surface area contributed by atoms with Gasteiger partial charge in [-0.1, -0.05) is 12.1 Å². The Morgan fingerprint density at radius 1 is 1.44 bits per heavy atom. The number of alkyl halides is 1. The zero-order valence-electron chi connectivity index (χ0n) is 9.11. The zero-order chi connectivity index (χ0) is 11.8. The number of carboxylic acids is 1. The number of rotatable bonds is 2. The Hall–Kier alpha value is -1.42. The van der Waals surface area contributed by atoms with Gasteiger partial charge >= 0.3 is 5.97 Å². The van der Waals surface area contributed by atoms with E-state index in [1.165, 1.54) is 12.1 Å². The van der Waals surface area contributed by atoms with Crippen LogP contribution in [0.4, 0.5) is 4.39 Å². The van der Waals surface area contributed by atoms with Gasteiger partial charge in [0.05, 0.1) is 5.56 Å². The van der Waals surface area contributed by atoms with Crippen LogP contribution >= 0.6 is 0 Å². The van der Waals surface area contributed by atoms with Crippen molar-refractivity contribution in [3.8, 4) is 0 Å². The van der Waals surface area contributed by atoms with Crippen LogP contribution in [0, 0.1) is 0 Å². The van der Waals surface area contributed by atoms with Crippen molar-refractivity contribution in [3.05, 3.63) is 35.4 Å². The van der Waals surface area contributed by atoms with Crippen molar-refractivity contribution in [1.82, 2.24) is 4.90 Å². The summed E-state index contributed by atoms with van der Waals surface area (Å²) in [7, 11) is 1.88. The smallest absolute Gasteiger partial charge is 0.335 e. The van der Waals surface area contributed by atoms with E-state index in [1.807, 2.05) is 11.9 Å². The standard InChI is InChI=1S/C12H14FNO2/c1-14-7-6-12(13,8-14)10-4-2-9(3-5-10)11(15)16/h2-5H,6-8H2,1H3,(H,15,16). The molecule has 0 spiro atoms. The fraction of sp³-hybridized carbons (Fsp3) is 0.417. The fourth-order valence-corrected chi connectivity index (χ4v) is 2.10. The van der Waals surface area contributed by atoms with Crippen molar-refractivity contribution in [1.29, 1.82) is 0 Å². The summed E-state index contributed by atoms with van der Waals surface area (Å²) in [5, 5.41) is 8.75. The van der Waals surface area contributed by atoms with E-state index in [-0.39, 0.29) is 5.56 Å². The first-order valence-electron chi connectivity index (χ1n) is 5.22. The lowest BCUT2D eigenvalue weighted by molar-refractivity contribution is 0.0696. The second-order valence-corrected chi connectivity index (χ2v) is 4.34. The fourth-order valence-electron chi connectivity index (χ4n) is 2.10. The summed E-state index contributed by atoms with van der Waals surface area (Å²) in [5.74, 6) is -0.983. The van der Waals surface area contributed by atoms with E-state index < -0.39 is 11.6 Å². The molecule has 3 nitrogen and oxygen atoms in total. The predicted octanol–water partition coefficient (Wildman–Crippen LogP) is 1.89. The molecule has 1 atom stereocenters. The highest BCUT2D eigenvalue weighted by molar-refractivity contribution is 5.87. The number of aromatic carboxylic acids is 1. The molecule has 1 fully saturated rings. The van der Waals surface area contributed by atoms with Crippen molar-refractivity contribution in [2.75, 3.05) is 20.1 Å². The molecule has 16 heavy (non-hydrogen) atoms. The Balaban J connectivity index is 2.25. The van der Waals surface area contributed by atoms with Gasteiger partial charge in [-0.2, -0.15) is 0 Å². The Kier molecular flexibility index (Phi) is 2.68. The maximum atomic E-state index is 14.4.